The standard InChI is InChI=1S/C33H32N2O7/c1-3-39-32(36)23-34(33(37)41-27-18-16-25(38-2)17-19-27)22-24-12-14-26(15-13-24)40-21-20-35-28-8-4-6-10-30(28)42-31-11-7-5-9-29(31)35/h4-19H,3,20-23H2,1-2H3. The average molecular weight is 569 g/mol. The van der Waals surface area contributed by atoms with Crippen molar-refractivity contribution < 1.29 is 33.3 Å². The molecule has 0 unspecified atom stereocenters. The van der Waals surface area contributed by atoms with E-state index in [2.05, 4.69) is 4.90 Å². The van der Waals surface area contributed by atoms with Gasteiger partial charge in [0.1, 0.15) is 30.4 Å². The van der Waals surface area contributed by atoms with Gasteiger partial charge in [-0.3, -0.25) is 9.69 Å². The number of methoxy groups -OCH3 is 1. The number of fused-ring (bicyclic) bond motifs is 2. The molecule has 0 radical (unpaired) electrons. The van der Waals surface area contributed by atoms with Gasteiger partial charge in [0.15, 0.2) is 11.5 Å². The van der Waals surface area contributed by atoms with Crippen LogP contribution in [0.2, 0.25) is 0 Å². The van der Waals surface area contributed by atoms with Gasteiger partial charge in [-0.05, 0) is 73.2 Å². The lowest BCUT2D eigenvalue weighted by molar-refractivity contribution is -0.144. The third-order valence-corrected chi connectivity index (χ3v) is 6.56. The van der Waals surface area contributed by atoms with E-state index in [4.69, 9.17) is 23.7 Å². The molecule has 4 aromatic rings. The molecular formula is C33H32N2O7. The molecule has 0 saturated carbocycles. The van der Waals surface area contributed by atoms with Gasteiger partial charge < -0.3 is 28.6 Å². The fourth-order valence-corrected chi connectivity index (χ4v) is 4.54. The second-order valence-electron chi connectivity index (χ2n) is 9.39. The Labute approximate surface area is 244 Å². The van der Waals surface area contributed by atoms with Gasteiger partial charge in [-0.15, -0.1) is 0 Å². The lowest BCUT2D eigenvalue weighted by Crippen LogP contribution is -2.38. The molecule has 5 rings (SSSR count). The maximum absolute atomic E-state index is 13.0. The minimum absolute atomic E-state index is 0.148. The fraction of sp³-hybridized carbons (Fsp3) is 0.212. The molecule has 1 aliphatic heterocycles. The first-order valence-electron chi connectivity index (χ1n) is 13.7. The first-order chi connectivity index (χ1) is 20.5. The zero-order chi connectivity index (χ0) is 29.3. The van der Waals surface area contributed by atoms with Crippen molar-refractivity contribution in [2.24, 2.45) is 0 Å². The molecule has 0 bridgehead atoms. The lowest BCUT2D eigenvalue weighted by Gasteiger charge is -2.32. The largest absolute Gasteiger partial charge is 0.497 e. The highest BCUT2D eigenvalue weighted by molar-refractivity contribution is 5.79. The predicted molar refractivity (Wildman–Crippen MR) is 158 cm³/mol. The average Bonchev–Trinajstić information content (AvgIpc) is 3.01. The second kappa shape index (κ2) is 13.5. The number of rotatable bonds is 11. The Morgan fingerprint density at radius 3 is 2.00 bits per heavy atom. The number of benzene rings is 4. The van der Waals surface area contributed by atoms with Gasteiger partial charge >= 0.3 is 12.1 Å². The Morgan fingerprint density at radius 1 is 0.786 bits per heavy atom. The van der Waals surface area contributed by atoms with Crippen molar-refractivity contribution in [1.82, 2.24) is 4.90 Å². The van der Waals surface area contributed by atoms with Crippen LogP contribution in [-0.4, -0.2) is 50.4 Å². The summed E-state index contributed by atoms with van der Waals surface area (Å²) in [6.07, 6.45) is -0.667. The maximum Gasteiger partial charge on any atom is 0.416 e. The summed E-state index contributed by atoms with van der Waals surface area (Å²) in [5.41, 5.74) is 2.77. The van der Waals surface area contributed by atoms with Crippen LogP contribution >= 0.6 is 0 Å². The molecule has 0 fully saturated rings. The summed E-state index contributed by atoms with van der Waals surface area (Å²) in [6, 6.07) is 29.9. The molecule has 9 heteroatoms. The number of amides is 1. The Hall–Kier alpha value is -5.18. The topological polar surface area (TPSA) is 86.8 Å². The first-order valence-corrected chi connectivity index (χ1v) is 13.7. The summed E-state index contributed by atoms with van der Waals surface area (Å²) < 4.78 is 27.8. The van der Waals surface area contributed by atoms with Crippen molar-refractivity contribution in [3.8, 4) is 28.7 Å². The molecular weight excluding hydrogens is 536 g/mol. The van der Waals surface area contributed by atoms with E-state index in [9.17, 15) is 9.59 Å². The van der Waals surface area contributed by atoms with Crippen LogP contribution in [0.15, 0.2) is 97.1 Å². The monoisotopic (exact) mass is 568 g/mol. The summed E-state index contributed by atoms with van der Waals surface area (Å²) >= 11 is 0. The van der Waals surface area contributed by atoms with Crippen LogP contribution in [0.3, 0.4) is 0 Å². The summed E-state index contributed by atoms with van der Waals surface area (Å²) in [7, 11) is 1.56. The van der Waals surface area contributed by atoms with Crippen LogP contribution in [0.5, 0.6) is 28.7 Å². The van der Waals surface area contributed by atoms with Crippen molar-refractivity contribution in [1.29, 1.82) is 0 Å². The third kappa shape index (κ3) is 6.93. The zero-order valence-electron chi connectivity index (χ0n) is 23.5. The molecule has 0 spiro atoms. The van der Waals surface area contributed by atoms with Gasteiger partial charge in [-0.1, -0.05) is 36.4 Å². The molecule has 1 aliphatic rings. The van der Waals surface area contributed by atoms with E-state index in [1.54, 1.807) is 38.3 Å². The quantitative estimate of drug-likeness (QED) is 0.188. The molecule has 0 saturated heterocycles. The minimum atomic E-state index is -0.667. The SMILES string of the molecule is CCOC(=O)CN(Cc1ccc(OCCN2c3ccccc3Oc3ccccc32)cc1)C(=O)Oc1ccc(OC)cc1. The van der Waals surface area contributed by atoms with Crippen LogP contribution in [0, 0.1) is 0 Å². The zero-order valence-corrected chi connectivity index (χ0v) is 23.5. The Balaban J connectivity index is 1.21. The molecule has 1 amide bonds. The number of hydrogen-bond acceptors (Lipinski definition) is 8. The van der Waals surface area contributed by atoms with Crippen molar-refractivity contribution >= 4 is 23.4 Å². The molecule has 0 atom stereocenters. The predicted octanol–water partition coefficient (Wildman–Crippen LogP) is 6.58. The molecule has 0 N–H and O–H groups in total. The maximum atomic E-state index is 13.0. The second-order valence-corrected chi connectivity index (χ2v) is 9.39. The summed E-state index contributed by atoms with van der Waals surface area (Å²) in [4.78, 5) is 28.7. The third-order valence-electron chi connectivity index (χ3n) is 6.56. The molecule has 9 nitrogen and oxygen atoms in total. The van der Waals surface area contributed by atoms with E-state index in [0.717, 1.165) is 28.4 Å². The number of anilines is 2. The van der Waals surface area contributed by atoms with Crippen molar-refractivity contribution in [3.63, 3.8) is 0 Å². The molecule has 1 heterocycles. The summed E-state index contributed by atoms with van der Waals surface area (Å²) in [6.45, 7) is 2.88. The Bertz CT molecular complexity index is 1460. The fourth-order valence-electron chi connectivity index (χ4n) is 4.54. The lowest BCUT2D eigenvalue weighted by atomic mass is 10.1. The number of esters is 1. The van der Waals surface area contributed by atoms with E-state index in [0.29, 0.717) is 30.4 Å². The highest BCUT2D eigenvalue weighted by atomic mass is 16.6. The van der Waals surface area contributed by atoms with E-state index < -0.39 is 12.1 Å². The number of para-hydroxylation sites is 4. The molecule has 216 valence electrons. The minimum Gasteiger partial charge on any atom is -0.497 e. The molecule has 42 heavy (non-hydrogen) atoms. The highest BCUT2D eigenvalue weighted by Gasteiger charge is 2.24. The smallest absolute Gasteiger partial charge is 0.416 e. The van der Waals surface area contributed by atoms with E-state index >= 15 is 0 Å². The van der Waals surface area contributed by atoms with Gasteiger partial charge in [-0.2, -0.15) is 0 Å². The van der Waals surface area contributed by atoms with Crippen LogP contribution in [0.4, 0.5) is 16.2 Å². The number of hydrogen-bond donors (Lipinski definition) is 0. The van der Waals surface area contributed by atoms with Crippen molar-refractivity contribution in [2.45, 2.75) is 13.5 Å². The van der Waals surface area contributed by atoms with Crippen molar-refractivity contribution in [3.05, 3.63) is 103 Å². The first kappa shape index (κ1) is 28.4. The molecule has 0 aliphatic carbocycles. The van der Waals surface area contributed by atoms with Gasteiger partial charge in [-0.25, -0.2) is 4.79 Å². The molecule has 4 aromatic carbocycles. The van der Waals surface area contributed by atoms with Crippen LogP contribution in [0.25, 0.3) is 0 Å². The van der Waals surface area contributed by atoms with Gasteiger partial charge in [0.05, 0.1) is 31.6 Å². The highest BCUT2D eigenvalue weighted by Crippen LogP contribution is 2.45. The summed E-state index contributed by atoms with van der Waals surface area (Å²) in [5, 5.41) is 0. The van der Waals surface area contributed by atoms with E-state index in [-0.39, 0.29) is 19.7 Å². The summed E-state index contributed by atoms with van der Waals surface area (Å²) in [5.74, 6) is 2.75. The Kier molecular flexibility index (Phi) is 9.08. The van der Waals surface area contributed by atoms with E-state index in [1.807, 2.05) is 72.8 Å². The van der Waals surface area contributed by atoms with Crippen LogP contribution in [-0.2, 0) is 16.1 Å². The van der Waals surface area contributed by atoms with Crippen LogP contribution in [0.1, 0.15) is 12.5 Å². The normalized spacial score (nSPS) is 11.4. The van der Waals surface area contributed by atoms with Crippen LogP contribution < -0.4 is 23.8 Å². The molecule has 0 aromatic heterocycles. The number of carbonyl (C=O) groups is 2. The number of carbonyl (C=O) groups excluding carboxylic acids is 2. The van der Waals surface area contributed by atoms with Gasteiger partial charge in [0, 0.05) is 6.54 Å². The van der Waals surface area contributed by atoms with Gasteiger partial charge in [0.25, 0.3) is 0 Å². The number of nitrogens with zero attached hydrogens (tertiary/aromatic N) is 2. The Morgan fingerprint density at radius 2 is 1.38 bits per heavy atom. The number of ether oxygens (including phenoxy) is 5. The van der Waals surface area contributed by atoms with Crippen molar-refractivity contribution in [2.75, 3.05) is 38.3 Å². The van der Waals surface area contributed by atoms with E-state index in [1.165, 1.54) is 4.90 Å². The van der Waals surface area contributed by atoms with Gasteiger partial charge in [0.2, 0.25) is 0 Å².